The summed E-state index contributed by atoms with van der Waals surface area (Å²) < 4.78 is 83.8. The van der Waals surface area contributed by atoms with Gasteiger partial charge in [0.1, 0.15) is 16.6 Å². The fourth-order valence-electron chi connectivity index (χ4n) is 5.93. The number of fused-ring (bicyclic) bond motifs is 4. The summed E-state index contributed by atoms with van der Waals surface area (Å²) in [5.74, 6) is 0. The number of aromatic nitrogens is 3. The Morgan fingerprint density at radius 3 is 2.09 bits per heavy atom. The molecule has 0 fully saturated rings. The van der Waals surface area contributed by atoms with E-state index in [0.29, 0.717) is 24.2 Å². The molecule has 0 bridgehead atoms. The number of pyridine rings is 3. The van der Waals surface area contributed by atoms with E-state index >= 15 is 0 Å². The molecule has 6 nitrogen and oxygen atoms in total. The van der Waals surface area contributed by atoms with Crippen molar-refractivity contribution in [3.05, 3.63) is 107 Å². The number of alkyl halides is 6. The van der Waals surface area contributed by atoms with E-state index in [1.165, 1.54) is 55.5 Å². The lowest BCUT2D eigenvalue weighted by Gasteiger charge is -2.42. The average Bonchev–Trinajstić information content (AvgIpc) is 2.94. The highest BCUT2D eigenvalue weighted by molar-refractivity contribution is 6.31. The van der Waals surface area contributed by atoms with Gasteiger partial charge in [-0.1, -0.05) is 43.0 Å². The zero-order valence-corrected chi connectivity index (χ0v) is 26.0. The number of anilines is 2. The van der Waals surface area contributed by atoms with Crippen molar-refractivity contribution < 1.29 is 26.3 Å². The second-order valence-electron chi connectivity index (χ2n) is 11.1. The van der Waals surface area contributed by atoms with Gasteiger partial charge in [0.15, 0.2) is 0 Å². The third kappa shape index (κ3) is 5.84. The van der Waals surface area contributed by atoms with Crippen LogP contribution in [0, 0.1) is 13.8 Å². The first-order valence-corrected chi connectivity index (χ1v) is 14.8. The number of benzene rings is 2. The number of unbranched alkanes of at least 4 members (excludes halogenated alkanes) is 1. The van der Waals surface area contributed by atoms with Crippen LogP contribution in [0.3, 0.4) is 0 Å². The molecular formula is C32H26Cl2F6N4O2. The molecule has 4 heterocycles. The Hall–Kier alpha value is -4.03. The first-order valence-electron chi connectivity index (χ1n) is 14.1. The molecule has 3 aromatic heterocycles. The van der Waals surface area contributed by atoms with Crippen LogP contribution in [0.1, 0.15) is 54.3 Å². The SMILES string of the molecule is CCCCC1(C(F)(F)F)c2cc(Cl)ccc2Nc2c1cc(C)[nH]c2=O.Cc1cc2c(C(F)(F)F)c3cc(Cl)ccc3nc2c(=O)[nH]1. The van der Waals surface area contributed by atoms with Gasteiger partial charge in [0, 0.05) is 43.5 Å². The van der Waals surface area contributed by atoms with Gasteiger partial charge in [-0.3, -0.25) is 9.59 Å². The first kappa shape index (κ1) is 33.3. The zero-order chi connectivity index (χ0) is 33.8. The number of aryl methyl sites for hydroxylation is 2. The Morgan fingerprint density at radius 2 is 1.43 bits per heavy atom. The number of hydrogen-bond donors (Lipinski definition) is 3. The predicted molar refractivity (Wildman–Crippen MR) is 168 cm³/mol. The highest BCUT2D eigenvalue weighted by Crippen LogP contribution is 2.56. The van der Waals surface area contributed by atoms with Crippen molar-refractivity contribution in [1.29, 1.82) is 0 Å². The average molecular weight is 683 g/mol. The molecule has 46 heavy (non-hydrogen) atoms. The third-order valence-corrected chi connectivity index (χ3v) is 8.34. The van der Waals surface area contributed by atoms with Crippen molar-refractivity contribution in [3.8, 4) is 0 Å². The van der Waals surface area contributed by atoms with E-state index < -0.39 is 34.4 Å². The maximum atomic E-state index is 14.5. The normalized spacial score (nSPS) is 16.0. The lowest BCUT2D eigenvalue weighted by molar-refractivity contribution is -0.180. The van der Waals surface area contributed by atoms with E-state index in [4.69, 9.17) is 23.2 Å². The Balaban J connectivity index is 0.000000184. The van der Waals surface area contributed by atoms with E-state index in [-0.39, 0.29) is 60.8 Å². The summed E-state index contributed by atoms with van der Waals surface area (Å²) >= 11 is 11.8. The monoisotopic (exact) mass is 682 g/mol. The van der Waals surface area contributed by atoms with Crippen molar-refractivity contribution in [2.75, 3.05) is 5.32 Å². The number of rotatable bonds is 3. The number of H-pyrrole nitrogens is 2. The largest absolute Gasteiger partial charge is 0.417 e. The minimum absolute atomic E-state index is 0.0375. The molecule has 6 rings (SSSR count). The molecule has 0 saturated carbocycles. The van der Waals surface area contributed by atoms with Gasteiger partial charge < -0.3 is 15.3 Å². The van der Waals surface area contributed by atoms with Gasteiger partial charge in [-0.25, -0.2) is 4.98 Å². The Kier molecular flexibility index (Phi) is 8.67. The first-order chi connectivity index (χ1) is 21.5. The van der Waals surface area contributed by atoms with Crippen LogP contribution in [0.15, 0.2) is 58.1 Å². The van der Waals surface area contributed by atoms with Crippen LogP contribution in [-0.2, 0) is 11.6 Å². The molecule has 0 aliphatic carbocycles. The van der Waals surface area contributed by atoms with Gasteiger partial charge in [-0.15, -0.1) is 0 Å². The number of halogens is 8. The van der Waals surface area contributed by atoms with Gasteiger partial charge in [0.2, 0.25) is 0 Å². The fraction of sp³-hybridized carbons (Fsp3) is 0.281. The second kappa shape index (κ2) is 12.0. The summed E-state index contributed by atoms with van der Waals surface area (Å²) in [6.45, 7) is 4.94. The summed E-state index contributed by atoms with van der Waals surface area (Å²) in [7, 11) is 0. The maximum Gasteiger partial charge on any atom is 0.417 e. The third-order valence-electron chi connectivity index (χ3n) is 7.87. The number of nitrogens with one attached hydrogen (secondary N) is 3. The van der Waals surface area contributed by atoms with Crippen molar-refractivity contribution in [3.63, 3.8) is 0 Å². The van der Waals surface area contributed by atoms with Crippen LogP contribution in [0.2, 0.25) is 10.0 Å². The summed E-state index contributed by atoms with van der Waals surface area (Å²) in [4.78, 5) is 33.3. The Bertz CT molecular complexity index is 2110. The van der Waals surface area contributed by atoms with Gasteiger partial charge in [-0.05, 0) is 74.4 Å². The lowest BCUT2D eigenvalue weighted by Crippen LogP contribution is -2.47. The molecule has 1 aliphatic heterocycles. The van der Waals surface area contributed by atoms with Crippen molar-refractivity contribution in [2.24, 2.45) is 0 Å². The van der Waals surface area contributed by atoms with Crippen LogP contribution in [0.5, 0.6) is 0 Å². The van der Waals surface area contributed by atoms with Crippen molar-refractivity contribution >= 4 is 56.4 Å². The summed E-state index contributed by atoms with van der Waals surface area (Å²) in [5.41, 5.74) is -3.54. The molecule has 3 N–H and O–H groups in total. The molecule has 5 aromatic rings. The Labute approximate surface area is 267 Å². The summed E-state index contributed by atoms with van der Waals surface area (Å²) in [6, 6.07) is 11.1. The van der Waals surface area contributed by atoms with Crippen LogP contribution in [-0.4, -0.2) is 21.1 Å². The summed E-state index contributed by atoms with van der Waals surface area (Å²) in [5, 5.41) is 2.93. The maximum absolute atomic E-state index is 14.5. The van der Waals surface area contributed by atoms with Gasteiger partial charge in [0.05, 0.1) is 11.1 Å². The second-order valence-corrected chi connectivity index (χ2v) is 12.0. The molecule has 0 amide bonds. The molecule has 14 heteroatoms. The smallest absolute Gasteiger partial charge is 0.351 e. The molecule has 1 atom stereocenters. The van der Waals surface area contributed by atoms with Crippen LogP contribution >= 0.6 is 23.2 Å². The zero-order valence-electron chi connectivity index (χ0n) is 24.5. The Morgan fingerprint density at radius 1 is 0.804 bits per heavy atom. The van der Waals surface area contributed by atoms with E-state index in [2.05, 4.69) is 20.3 Å². The topological polar surface area (TPSA) is 90.6 Å². The van der Waals surface area contributed by atoms with E-state index in [9.17, 15) is 35.9 Å². The minimum Gasteiger partial charge on any atom is -0.351 e. The molecule has 0 saturated heterocycles. The number of nitrogens with zero attached hydrogens (tertiary/aromatic N) is 1. The van der Waals surface area contributed by atoms with E-state index in [1.54, 1.807) is 6.92 Å². The van der Waals surface area contributed by atoms with E-state index in [1.807, 2.05) is 6.92 Å². The predicted octanol–water partition coefficient (Wildman–Crippen LogP) is 9.49. The van der Waals surface area contributed by atoms with Gasteiger partial charge in [-0.2, -0.15) is 26.3 Å². The highest BCUT2D eigenvalue weighted by Gasteiger charge is 2.60. The van der Waals surface area contributed by atoms with Crippen molar-refractivity contribution in [1.82, 2.24) is 15.0 Å². The number of hydrogen-bond acceptors (Lipinski definition) is 4. The minimum atomic E-state index is -4.62. The quantitative estimate of drug-likeness (QED) is 0.131. The van der Waals surface area contributed by atoms with Gasteiger partial charge in [0.25, 0.3) is 11.1 Å². The summed E-state index contributed by atoms with van der Waals surface area (Å²) in [6.07, 6.45) is -8.35. The number of aromatic amines is 2. The van der Waals surface area contributed by atoms with Crippen molar-refractivity contribution in [2.45, 2.75) is 57.8 Å². The standard InChI is InChI=1S/C18H18ClF3N2O.C14H8ClF3N2O/c1-3-4-7-17(18(20,21)22)12-9-11(19)5-6-14(12)24-15-13(17)8-10(2)23-16(15)25;1-6-4-9-11(14(16,17)18)8-5-7(15)2-3-10(8)20-12(9)13(21)19-6/h5-6,8-9,24H,3-4,7H2,1-2H3,(H,23,25);2-5H,1H3,(H,19,21). The van der Waals surface area contributed by atoms with Crippen LogP contribution in [0.4, 0.5) is 37.7 Å². The lowest BCUT2D eigenvalue weighted by atomic mass is 9.67. The highest BCUT2D eigenvalue weighted by atomic mass is 35.5. The molecular weight excluding hydrogens is 657 g/mol. The van der Waals surface area contributed by atoms with Gasteiger partial charge >= 0.3 is 12.4 Å². The molecule has 0 radical (unpaired) electrons. The van der Waals surface area contributed by atoms with Crippen LogP contribution < -0.4 is 16.4 Å². The molecule has 2 aromatic carbocycles. The molecule has 1 aliphatic rings. The van der Waals surface area contributed by atoms with E-state index in [0.717, 1.165) is 0 Å². The fourth-order valence-corrected chi connectivity index (χ4v) is 6.27. The molecule has 0 spiro atoms. The molecule has 242 valence electrons. The molecule has 1 unspecified atom stereocenters. The van der Waals surface area contributed by atoms with Crippen LogP contribution in [0.25, 0.3) is 21.8 Å².